The van der Waals surface area contributed by atoms with Gasteiger partial charge in [-0.3, -0.25) is 24.4 Å². The molecule has 3 amide bonds. The molecule has 0 saturated carbocycles. The van der Waals surface area contributed by atoms with Crippen LogP contribution in [-0.2, 0) is 4.74 Å². The second-order valence-electron chi connectivity index (χ2n) is 11.6. The lowest BCUT2D eigenvalue weighted by Gasteiger charge is -2.36. The zero-order chi connectivity index (χ0) is 32.3. The van der Waals surface area contributed by atoms with Gasteiger partial charge in [-0.15, -0.1) is 0 Å². The Balaban J connectivity index is 1.63. The molecule has 0 spiro atoms. The van der Waals surface area contributed by atoms with Crippen molar-refractivity contribution in [1.29, 1.82) is 0 Å². The third-order valence-corrected chi connectivity index (χ3v) is 7.98. The van der Waals surface area contributed by atoms with Gasteiger partial charge < -0.3 is 29.7 Å². The first-order chi connectivity index (χ1) is 21.7. The number of hydrogen-bond donors (Lipinski definition) is 2. The quantitative estimate of drug-likeness (QED) is 0.401. The minimum atomic E-state index is -0.523. The van der Waals surface area contributed by atoms with E-state index in [2.05, 4.69) is 15.3 Å². The average molecular weight is 618 g/mol. The molecule has 45 heavy (non-hydrogen) atoms. The minimum absolute atomic E-state index is 0.148. The lowest BCUT2D eigenvalue weighted by Crippen LogP contribution is -2.48. The van der Waals surface area contributed by atoms with Crippen LogP contribution in [-0.4, -0.2) is 94.2 Å². The van der Waals surface area contributed by atoms with Crippen LogP contribution in [0.3, 0.4) is 0 Å². The van der Waals surface area contributed by atoms with Gasteiger partial charge in [-0.2, -0.15) is 0 Å². The maximum Gasteiger partial charge on any atom is 0.258 e. The third kappa shape index (κ3) is 9.09. The van der Waals surface area contributed by atoms with E-state index in [-0.39, 0.29) is 54.6 Å². The van der Waals surface area contributed by atoms with Gasteiger partial charge in [0.1, 0.15) is 5.75 Å². The first-order valence-corrected chi connectivity index (χ1v) is 15.4. The Hall–Kier alpha value is -4.35. The Morgan fingerprint density at radius 2 is 1.71 bits per heavy atom. The Bertz CT molecular complexity index is 1420. The van der Waals surface area contributed by atoms with Crippen molar-refractivity contribution in [3.63, 3.8) is 0 Å². The third-order valence-electron chi connectivity index (χ3n) is 7.98. The van der Waals surface area contributed by atoms with Crippen molar-refractivity contribution < 1.29 is 29.0 Å². The van der Waals surface area contributed by atoms with Gasteiger partial charge in [0.15, 0.2) is 0 Å². The summed E-state index contributed by atoms with van der Waals surface area (Å²) in [5, 5.41) is 13.0. The summed E-state index contributed by atoms with van der Waals surface area (Å²) in [6, 6.07) is 11.1. The molecule has 3 aromatic rings. The predicted molar refractivity (Wildman–Crippen MR) is 170 cm³/mol. The SMILES string of the molecule is C[C@H](CO)N1C[C@H](C)[C@@H](CN(C)C(=O)c2ccncc2)OCCCC[C@H](C)Oc2ccc(NC(=O)c3ccncc3)cc2C1=O. The van der Waals surface area contributed by atoms with Crippen LogP contribution >= 0.6 is 0 Å². The van der Waals surface area contributed by atoms with Gasteiger partial charge in [0.05, 0.1) is 30.4 Å². The number of hydrogen-bond acceptors (Lipinski definition) is 8. The molecular formula is C34H43N5O6. The normalized spacial score (nSPS) is 20.2. The number of amides is 3. The van der Waals surface area contributed by atoms with Crippen molar-refractivity contribution in [2.45, 2.75) is 58.3 Å². The number of carbonyl (C=O) groups excluding carboxylic acids is 3. The summed E-state index contributed by atoms with van der Waals surface area (Å²) in [5.41, 5.74) is 1.68. The average Bonchev–Trinajstić information content (AvgIpc) is 3.06. The molecule has 1 aromatic carbocycles. The first kappa shape index (κ1) is 33.5. The molecule has 11 nitrogen and oxygen atoms in total. The molecule has 4 rings (SSSR count). The lowest BCUT2D eigenvalue weighted by atomic mass is 10.0. The van der Waals surface area contributed by atoms with Gasteiger partial charge in [0.2, 0.25) is 0 Å². The molecule has 4 atom stereocenters. The number of rotatable bonds is 7. The number of pyridine rings is 2. The molecule has 3 heterocycles. The molecule has 0 unspecified atom stereocenters. The summed E-state index contributed by atoms with van der Waals surface area (Å²) in [5.74, 6) is -0.617. The predicted octanol–water partition coefficient (Wildman–Crippen LogP) is 4.30. The van der Waals surface area contributed by atoms with E-state index in [1.165, 1.54) is 12.4 Å². The van der Waals surface area contributed by atoms with Crippen molar-refractivity contribution in [3.05, 3.63) is 83.9 Å². The number of fused-ring (bicyclic) bond motifs is 1. The maximum absolute atomic E-state index is 14.3. The summed E-state index contributed by atoms with van der Waals surface area (Å²) in [6.45, 7) is 6.54. The van der Waals surface area contributed by atoms with E-state index in [0.29, 0.717) is 35.7 Å². The van der Waals surface area contributed by atoms with Crippen LogP contribution in [0.4, 0.5) is 5.69 Å². The molecule has 0 bridgehead atoms. The van der Waals surface area contributed by atoms with Crippen molar-refractivity contribution in [3.8, 4) is 5.75 Å². The summed E-state index contributed by atoms with van der Waals surface area (Å²) >= 11 is 0. The fourth-order valence-corrected chi connectivity index (χ4v) is 5.24. The number of benzene rings is 1. The molecule has 2 N–H and O–H groups in total. The number of aliphatic hydroxyl groups is 1. The summed E-state index contributed by atoms with van der Waals surface area (Å²) in [7, 11) is 1.74. The smallest absolute Gasteiger partial charge is 0.258 e. The van der Waals surface area contributed by atoms with Crippen LogP contribution in [0.2, 0.25) is 0 Å². The highest BCUT2D eigenvalue weighted by Crippen LogP contribution is 2.29. The van der Waals surface area contributed by atoms with Crippen LogP contribution in [0, 0.1) is 5.92 Å². The minimum Gasteiger partial charge on any atom is -0.490 e. The second-order valence-corrected chi connectivity index (χ2v) is 11.6. The summed E-state index contributed by atoms with van der Waals surface area (Å²) in [4.78, 5) is 51.5. The van der Waals surface area contributed by atoms with Crippen LogP contribution in [0.15, 0.2) is 67.3 Å². The molecule has 2 aromatic heterocycles. The van der Waals surface area contributed by atoms with Crippen molar-refractivity contribution in [1.82, 2.24) is 19.8 Å². The summed E-state index contributed by atoms with van der Waals surface area (Å²) in [6.07, 6.45) is 8.09. The Labute approximate surface area is 264 Å². The molecule has 240 valence electrons. The summed E-state index contributed by atoms with van der Waals surface area (Å²) < 4.78 is 12.6. The van der Waals surface area contributed by atoms with E-state index in [1.807, 2.05) is 13.8 Å². The van der Waals surface area contributed by atoms with Crippen molar-refractivity contribution in [2.75, 3.05) is 38.7 Å². The number of carbonyl (C=O) groups is 3. The van der Waals surface area contributed by atoms with E-state index in [9.17, 15) is 19.5 Å². The highest BCUT2D eigenvalue weighted by Gasteiger charge is 2.31. The maximum atomic E-state index is 14.3. The molecule has 11 heteroatoms. The molecule has 0 radical (unpaired) electrons. The van der Waals surface area contributed by atoms with Crippen LogP contribution in [0.1, 0.15) is 71.1 Å². The van der Waals surface area contributed by atoms with E-state index in [1.54, 1.807) is 78.6 Å². The Morgan fingerprint density at radius 1 is 1.04 bits per heavy atom. The second kappa shape index (κ2) is 16.1. The van der Waals surface area contributed by atoms with Crippen LogP contribution in [0.25, 0.3) is 0 Å². The number of aliphatic hydroxyl groups excluding tert-OH is 1. The molecule has 0 saturated heterocycles. The molecule has 1 aliphatic heterocycles. The van der Waals surface area contributed by atoms with E-state index >= 15 is 0 Å². The fraction of sp³-hybridized carbons (Fsp3) is 0.441. The monoisotopic (exact) mass is 617 g/mol. The van der Waals surface area contributed by atoms with E-state index in [4.69, 9.17) is 9.47 Å². The number of nitrogens with zero attached hydrogens (tertiary/aromatic N) is 4. The zero-order valence-electron chi connectivity index (χ0n) is 26.4. The molecular weight excluding hydrogens is 574 g/mol. The van der Waals surface area contributed by atoms with Gasteiger partial charge in [-0.1, -0.05) is 6.92 Å². The highest BCUT2D eigenvalue weighted by atomic mass is 16.5. The number of nitrogens with one attached hydrogen (secondary N) is 1. The van der Waals surface area contributed by atoms with Gasteiger partial charge in [-0.05, 0) is 75.6 Å². The van der Waals surface area contributed by atoms with Gasteiger partial charge in [0, 0.05) is 74.3 Å². The van der Waals surface area contributed by atoms with Gasteiger partial charge in [-0.25, -0.2) is 0 Å². The number of aromatic nitrogens is 2. The van der Waals surface area contributed by atoms with Crippen LogP contribution in [0.5, 0.6) is 5.75 Å². The van der Waals surface area contributed by atoms with Gasteiger partial charge >= 0.3 is 0 Å². The van der Waals surface area contributed by atoms with Crippen LogP contribution < -0.4 is 10.1 Å². The zero-order valence-corrected chi connectivity index (χ0v) is 26.4. The standard InChI is InChI=1S/C34H43N5O6/c1-23-20-39(24(2)22-40)34(43)29-19-28(37-32(41)26-10-14-35-15-11-26)8-9-30(29)45-25(3)7-5-6-18-44-31(23)21-38(4)33(42)27-12-16-36-17-13-27/h8-17,19,23-25,31,40H,5-7,18,20-22H2,1-4H3,(H,37,41)/t23-,24+,25-,31+/m0/s1. The number of ether oxygens (including phenoxy) is 2. The first-order valence-electron chi connectivity index (χ1n) is 15.4. The van der Waals surface area contributed by atoms with Crippen molar-refractivity contribution in [2.24, 2.45) is 5.92 Å². The Morgan fingerprint density at radius 3 is 2.38 bits per heavy atom. The number of anilines is 1. The Kier molecular flexibility index (Phi) is 12.0. The molecule has 0 aliphatic carbocycles. The largest absolute Gasteiger partial charge is 0.490 e. The van der Waals surface area contributed by atoms with E-state index < -0.39 is 6.04 Å². The van der Waals surface area contributed by atoms with Crippen molar-refractivity contribution >= 4 is 23.4 Å². The fourth-order valence-electron chi connectivity index (χ4n) is 5.24. The lowest BCUT2D eigenvalue weighted by molar-refractivity contribution is -0.0149. The van der Waals surface area contributed by atoms with E-state index in [0.717, 1.165) is 19.3 Å². The highest BCUT2D eigenvalue weighted by molar-refractivity contribution is 6.05. The number of likely N-dealkylation sites (N-methyl/N-ethyl adjacent to an activating group) is 1. The van der Waals surface area contributed by atoms with Gasteiger partial charge in [0.25, 0.3) is 17.7 Å². The molecule has 0 fully saturated rings. The topological polar surface area (TPSA) is 134 Å². The molecule has 1 aliphatic rings.